The van der Waals surface area contributed by atoms with Gasteiger partial charge in [0.05, 0.1) is 7.11 Å². The van der Waals surface area contributed by atoms with Gasteiger partial charge in [-0.05, 0) is 6.42 Å². The highest BCUT2D eigenvalue weighted by Crippen LogP contribution is 2.46. The number of nitrogens with two attached hydrogens (primary N) is 2. The highest BCUT2D eigenvalue weighted by atomic mass is 16.5. The van der Waals surface area contributed by atoms with Crippen LogP contribution in [0, 0.1) is 0 Å². The van der Waals surface area contributed by atoms with Gasteiger partial charge >= 0.3 is 0 Å². The van der Waals surface area contributed by atoms with Crippen molar-refractivity contribution in [2.45, 2.75) is 13.3 Å². The molecule has 0 amide bonds. The lowest BCUT2D eigenvalue weighted by molar-refractivity contribution is 0.401. The average molecular weight is 198 g/mol. The van der Waals surface area contributed by atoms with Crippen molar-refractivity contribution < 1.29 is 14.9 Å². The molecule has 1 rings (SSSR count). The normalized spacial score (nSPS) is 10.1. The van der Waals surface area contributed by atoms with Gasteiger partial charge in [0.1, 0.15) is 22.9 Å². The van der Waals surface area contributed by atoms with Crippen LogP contribution in [0.15, 0.2) is 0 Å². The largest absolute Gasteiger partial charge is 0.505 e. The standard InChI is InChI=1S/C9H14N2O3/c1-3-4-7(12)5(10)9(14-2)6(11)8(4)13/h12-13H,3,10-11H2,1-2H3. The number of hydrogen-bond donors (Lipinski definition) is 4. The molecule has 0 saturated carbocycles. The molecule has 0 fully saturated rings. The Morgan fingerprint density at radius 3 is 1.86 bits per heavy atom. The third-order valence-corrected chi connectivity index (χ3v) is 2.13. The zero-order valence-electron chi connectivity index (χ0n) is 8.16. The number of rotatable bonds is 2. The molecule has 0 spiro atoms. The first-order valence-electron chi connectivity index (χ1n) is 4.20. The van der Waals surface area contributed by atoms with Crippen LogP contribution >= 0.6 is 0 Å². The topological polar surface area (TPSA) is 102 Å². The molecule has 0 heterocycles. The molecule has 0 unspecified atom stereocenters. The minimum atomic E-state index is -0.170. The van der Waals surface area contributed by atoms with Gasteiger partial charge in [0.2, 0.25) is 0 Å². The van der Waals surface area contributed by atoms with Crippen molar-refractivity contribution in [1.82, 2.24) is 0 Å². The van der Waals surface area contributed by atoms with Gasteiger partial charge in [-0.1, -0.05) is 6.92 Å². The number of methoxy groups -OCH3 is 1. The Kier molecular flexibility index (Phi) is 2.60. The van der Waals surface area contributed by atoms with Crippen LogP contribution in [0.5, 0.6) is 17.2 Å². The second-order valence-corrected chi connectivity index (χ2v) is 2.89. The second-order valence-electron chi connectivity index (χ2n) is 2.89. The molecule has 5 heteroatoms. The van der Waals surface area contributed by atoms with Crippen molar-refractivity contribution in [3.05, 3.63) is 5.56 Å². The lowest BCUT2D eigenvalue weighted by Gasteiger charge is -2.14. The van der Waals surface area contributed by atoms with Crippen LogP contribution in [0.2, 0.25) is 0 Å². The highest BCUT2D eigenvalue weighted by molar-refractivity contribution is 5.81. The van der Waals surface area contributed by atoms with Crippen LogP contribution < -0.4 is 16.2 Å². The summed E-state index contributed by atoms with van der Waals surface area (Å²) in [5, 5.41) is 19.2. The van der Waals surface area contributed by atoms with E-state index in [9.17, 15) is 10.2 Å². The van der Waals surface area contributed by atoms with Gasteiger partial charge in [-0.25, -0.2) is 0 Å². The van der Waals surface area contributed by atoms with Crippen molar-refractivity contribution in [1.29, 1.82) is 0 Å². The average Bonchev–Trinajstić information content (AvgIpc) is 2.17. The molecule has 1 aromatic rings. The molecule has 0 radical (unpaired) electrons. The van der Waals surface area contributed by atoms with Gasteiger partial charge in [-0.2, -0.15) is 0 Å². The first-order chi connectivity index (χ1) is 6.54. The molecular formula is C9H14N2O3. The van der Waals surface area contributed by atoms with E-state index in [0.29, 0.717) is 12.0 Å². The smallest absolute Gasteiger partial charge is 0.172 e. The first kappa shape index (κ1) is 10.3. The van der Waals surface area contributed by atoms with E-state index in [-0.39, 0.29) is 28.6 Å². The number of benzene rings is 1. The Hall–Kier alpha value is -1.78. The quantitative estimate of drug-likeness (QED) is 0.320. The van der Waals surface area contributed by atoms with Crippen molar-refractivity contribution in [3.63, 3.8) is 0 Å². The summed E-state index contributed by atoms with van der Waals surface area (Å²) < 4.78 is 4.87. The number of anilines is 2. The van der Waals surface area contributed by atoms with Crippen LogP contribution in [-0.4, -0.2) is 17.3 Å². The molecule has 0 saturated heterocycles. The van der Waals surface area contributed by atoms with Gasteiger partial charge in [-0.3, -0.25) is 0 Å². The van der Waals surface area contributed by atoms with E-state index >= 15 is 0 Å². The van der Waals surface area contributed by atoms with E-state index in [2.05, 4.69) is 0 Å². The lowest BCUT2D eigenvalue weighted by Crippen LogP contribution is -2.01. The Morgan fingerprint density at radius 2 is 1.57 bits per heavy atom. The van der Waals surface area contributed by atoms with Crippen molar-refractivity contribution in [3.8, 4) is 17.2 Å². The molecule has 14 heavy (non-hydrogen) atoms. The first-order valence-corrected chi connectivity index (χ1v) is 4.20. The van der Waals surface area contributed by atoms with Crippen LogP contribution in [0.1, 0.15) is 12.5 Å². The third-order valence-electron chi connectivity index (χ3n) is 2.13. The molecule has 0 aromatic heterocycles. The molecule has 0 atom stereocenters. The predicted molar refractivity (Wildman–Crippen MR) is 54.5 cm³/mol. The monoisotopic (exact) mass is 198 g/mol. The van der Waals surface area contributed by atoms with E-state index in [0.717, 1.165) is 0 Å². The van der Waals surface area contributed by atoms with Crippen LogP contribution in [0.25, 0.3) is 0 Å². The van der Waals surface area contributed by atoms with Gasteiger partial charge in [0.15, 0.2) is 5.75 Å². The predicted octanol–water partition coefficient (Wildman–Crippen LogP) is 0.833. The van der Waals surface area contributed by atoms with E-state index in [4.69, 9.17) is 16.2 Å². The molecule has 0 aliphatic rings. The summed E-state index contributed by atoms with van der Waals surface area (Å²) >= 11 is 0. The van der Waals surface area contributed by atoms with E-state index in [1.54, 1.807) is 6.92 Å². The van der Waals surface area contributed by atoms with Crippen molar-refractivity contribution >= 4 is 11.4 Å². The fourth-order valence-corrected chi connectivity index (χ4v) is 1.35. The summed E-state index contributed by atoms with van der Waals surface area (Å²) in [5.74, 6) is -0.232. The summed E-state index contributed by atoms with van der Waals surface area (Å²) in [6.45, 7) is 1.78. The number of aromatic hydroxyl groups is 2. The van der Waals surface area contributed by atoms with Gasteiger partial charge in [0.25, 0.3) is 0 Å². The number of phenolic OH excluding ortho intramolecular Hbond substituents is 2. The van der Waals surface area contributed by atoms with Crippen LogP contribution in [0.4, 0.5) is 11.4 Å². The number of nitrogen functional groups attached to an aromatic ring is 2. The molecule has 0 aliphatic carbocycles. The van der Waals surface area contributed by atoms with Crippen molar-refractivity contribution in [2.75, 3.05) is 18.6 Å². The Morgan fingerprint density at radius 1 is 1.14 bits per heavy atom. The van der Waals surface area contributed by atoms with Crippen molar-refractivity contribution in [2.24, 2.45) is 0 Å². The Balaban J connectivity index is 3.55. The summed E-state index contributed by atoms with van der Waals surface area (Å²) in [7, 11) is 1.37. The third kappa shape index (κ3) is 1.26. The highest BCUT2D eigenvalue weighted by Gasteiger charge is 2.19. The molecular weight excluding hydrogens is 184 g/mol. The van der Waals surface area contributed by atoms with Gasteiger partial charge in [-0.15, -0.1) is 0 Å². The van der Waals surface area contributed by atoms with Crippen LogP contribution in [0.3, 0.4) is 0 Å². The summed E-state index contributed by atoms with van der Waals surface area (Å²) in [4.78, 5) is 0. The number of hydrogen-bond acceptors (Lipinski definition) is 5. The molecule has 0 bridgehead atoms. The molecule has 5 nitrogen and oxygen atoms in total. The second kappa shape index (κ2) is 3.53. The summed E-state index contributed by atoms with van der Waals surface area (Å²) in [6, 6.07) is 0. The maximum Gasteiger partial charge on any atom is 0.172 e. The number of ether oxygens (including phenoxy) is 1. The van der Waals surface area contributed by atoms with E-state index < -0.39 is 0 Å². The van der Waals surface area contributed by atoms with E-state index in [1.165, 1.54) is 7.11 Å². The fourth-order valence-electron chi connectivity index (χ4n) is 1.35. The lowest BCUT2D eigenvalue weighted by atomic mass is 10.1. The van der Waals surface area contributed by atoms with E-state index in [1.807, 2.05) is 0 Å². The van der Waals surface area contributed by atoms with Crippen LogP contribution in [-0.2, 0) is 6.42 Å². The molecule has 0 aliphatic heterocycles. The Labute approximate surface area is 81.9 Å². The molecule has 1 aromatic carbocycles. The summed E-state index contributed by atoms with van der Waals surface area (Å²) in [6.07, 6.45) is 0.441. The van der Waals surface area contributed by atoms with Gasteiger partial charge < -0.3 is 26.4 Å². The molecule has 78 valence electrons. The summed E-state index contributed by atoms with van der Waals surface area (Å²) in [5.41, 5.74) is 11.6. The zero-order valence-corrected chi connectivity index (χ0v) is 8.16. The number of phenols is 2. The zero-order chi connectivity index (χ0) is 10.9. The molecule has 6 N–H and O–H groups in total. The Bertz CT molecular complexity index is 300. The minimum Gasteiger partial charge on any atom is -0.505 e. The fraction of sp³-hybridized carbons (Fsp3) is 0.333. The van der Waals surface area contributed by atoms with Gasteiger partial charge in [0, 0.05) is 5.56 Å². The maximum atomic E-state index is 9.59. The SMILES string of the molecule is CCc1c(O)c(N)c(OC)c(N)c1O. The minimum absolute atomic E-state index is 0.0552. The maximum absolute atomic E-state index is 9.59.